The van der Waals surface area contributed by atoms with E-state index >= 15 is 0 Å². The fourth-order valence-corrected chi connectivity index (χ4v) is 3.81. The summed E-state index contributed by atoms with van der Waals surface area (Å²) in [4.78, 5) is 0. The SMILES string of the molecule is Cc1cccc(NC(=S)N=Nc2c(O)n(Cc3ccc(F)cc3)c3ccc(Br)cc23)c1. The average molecular weight is 497 g/mol. The number of nitrogens with zero attached hydrogens (tertiary/aromatic N) is 3. The Morgan fingerprint density at radius 1 is 1.13 bits per heavy atom. The predicted molar refractivity (Wildman–Crippen MR) is 129 cm³/mol. The van der Waals surface area contributed by atoms with Gasteiger partial charge in [0.2, 0.25) is 11.0 Å². The van der Waals surface area contributed by atoms with Crippen LogP contribution in [-0.2, 0) is 6.54 Å². The zero-order valence-corrected chi connectivity index (χ0v) is 18.9. The summed E-state index contributed by atoms with van der Waals surface area (Å²) in [5, 5.41) is 23.2. The normalized spacial score (nSPS) is 11.3. The van der Waals surface area contributed by atoms with E-state index in [-0.39, 0.29) is 16.8 Å². The van der Waals surface area contributed by atoms with Crippen molar-refractivity contribution in [1.29, 1.82) is 0 Å². The Morgan fingerprint density at radius 2 is 1.90 bits per heavy atom. The summed E-state index contributed by atoms with van der Waals surface area (Å²) < 4.78 is 15.8. The largest absolute Gasteiger partial charge is 0.493 e. The summed E-state index contributed by atoms with van der Waals surface area (Å²) in [6.45, 7) is 2.34. The maximum Gasteiger partial charge on any atom is 0.221 e. The third-order valence-corrected chi connectivity index (χ3v) is 5.41. The number of aryl methyl sites for hydroxylation is 1. The molecule has 156 valence electrons. The molecule has 4 rings (SSSR count). The lowest BCUT2D eigenvalue weighted by molar-refractivity contribution is 0.429. The molecule has 0 unspecified atom stereocenters. The van der Waals surface area contributed by atoms with Crippen LogP contribution in [0.1, 0.15) is 11.1 Å². The Kier molecular flexibility index (Phi) is 6.11. The van der Waals surface area contributed by atoms with Crippen molar-refractivity contribution in [1.82, 2.24) is 4.57 Å². The summed E-state index contributed by atoms with van der Waals surface area (Å²) in [7, 11) is 0. The van der Waals surface area contributed by atoms with Crippen molar-refractivity contribution in [3.05, 3.63) is 88.1 Å². The predicted octanol–water partition coefficient (Wildman–Crippen LogP) is 7.09. The van der Waals surface area contributed by atoms with Gasteiger partial charge in [-0.2, -0.15) is 0 Å². The van der Waals surface area contributed by atoms with E-state index in [4.69, 9.17) is 12.2 Å². The standard InChI is InChI=1S/C23H18BrFN4OS/c1-14-3-2-4-18(11-14)26-23(31)28-27-21-19-12-16(24)7-10-20(19)29(22(21)30)13-15-5-8-17(25)9-6-15/h2-12,30H,13H2,1H3,(H,26,31). The van der Waals surface area contributed by atoms with Crippen molar-refractivity contribution >= 4 is 55.5 Å². The van der Waals surface area contributed by atoms with Gasteiger partial charge >= 0.3 is 0 Å². The molecule has 0 fully saturated rings. The fourth-order valence-electron chi connectivity index (χ4n) is 3.29. The molecule has 8 heteroatoms. The molecule has 0 radical (unpaired) electrons. The van der Waals surface area contributed by atoms with Crippen molar-refractivity contribution in [2.75, 3.05) is 5.32 Å². The van der Waals surface area contributed by atoms with Crippen LogP contribution in [0, 0.1) is 12.7 Å². The third kappa shape index (κ3) is 4.81. The number of anilines is 1. The molecule has 0 bridgehead atoms. The number of hydrogen-bond donors (Lipinski definition) is 2. The number of fused-ring (bicyclic) bond motifs is 1. The molecule has 0 aliphatic carbocycles. The van der Waals surface area contributed by atoms with Crippen LogP contribution in [-0.4, -0.2) is 14.8 Å². The van der Waals surface area contributed by atoms with Crippen molar-refractivity contribution in [3.8, 4) is 5.88 Å². The van der Waals surface area contributed by atoms with Gasteiger partial charge in [0, 0.05) is 15.5 Å². The van der Waals surface area contributed by atoms with Crippen LogP contribution < -0.4 is 5.32 Å². The molecule has 1 aromatic heterocycles. The highest BCUT2D eigenvalue weighted by Crippen LogP contribution is 2.40. The molecular formula is C23H18BrFN4OS. The van der Waals surface area contributed by atoms with Crippen LogP contribution in [0.25, 0.3) is 10.9 Å². The van der Waals surface area contributed by atoms with Crippen LogP contribution in [0.4, 0.5) is 15.8 Å². The first-order valence-corrected chi connectivity index (χ1v) is 10.7. The van der Waals surface area contributed by atoms with Crippen molar-refractivity contribution in [2.45, 2.75) is 13.5 Å². The topological polar surface area (TPSA) is 61.9 Å². The van der Waals surface area contributed by atoms with Crippen molar-refractivity contribution in [3.63, 3.8) is 0 Å². The molecular weight excluding hydrogens is 479 g/mol. The monoisotopic (exact) mass is 496 g/mol. The second kappa shape index (κ2) is 8.95. The Hall–Kier alpha value is -3.10. The second-order valence-corrected chi connectivity index (χ2v) is 8.35. The van der Waals surface area contributed by atoms with Crippen LogP contribution in [0.15, 0.2) is 81.4 Å². The zero-order valence-electron chi connectivity index (χ0n) is 16.5. The van der Waals surface area contributed by atoms with Gasteiger partial charge in [-0.15, -0.1) is 10.2 Å². The highest BCUT2D eigenvalue weighted by Gasteiger charge is 2.17. The first-order chi connectivity index (χ1) is 14.9. The van der Waals surface area contributed by atoms with Gasteiger partial charge in [-0.25, -0.2) is 4.39 Å². The maximum atomic E-state index is 13.3. The Morgan fingerprint density at radius 3 is 2.65 bits per heavy atom. The second-order valence-electron chi connectivity index (χ2n) is 7.05. The number of hydrogen-bond acceptors (Lipinski definition) is 3. The lowest BCUT2D eigenvalue weighted by atomic mass is 10.2. The highest BCUT2D eigenvalue weighted by molar-refractivity contribution is 9.10. The minimum absolute atomic E-state index is 0.0421. The summed E-state index contributed by atoms with van der Waals surface area (Å²) >= 11 is 8.75. The number of halogens is 2. The molecule has 31 heavy (non-hydrogen) atoms. The van der Waals surface area contributed by atoms with Crippen molar-refractivity contribution in [2.24, 2.45) is 10.2 Å². The quantitative estimate of drug-likeness (QED) is 0.234. The van der Waals surface area contributed by atoms with Gasteiger partial charge in [0.05, 0.1) is 12.1 Å². The highest BCUT2D eigenvalue weighted by atomic mass is 79.9. The van der Waals surface area contributed by atoms with Gasteiger partial charge in [0.25, 0.3) is 0 Å². The number of aromatic nitrogens is 1. The molecule has 1 heterocycles. The fraction of sp³-hybridized carbons (Fsp3) is 0.0870. The van der Waals surface area contributed by atoms with E-state index in [1.54, 1.807) is 16.7 Å². The lowest BCUT2D eigenvalue weighted by Gasteiger charge is -2.07. The van der Waals surface area contributed by atoms with Gasteiger partial charge in [-0.05, 0) is 72.7 Å². The van der Waals surface area contributed by atoms with E-state index in [0.717, 1.165) is 32.2 Å². The smallest absolute Gasteiger partial charge is 0.221 e. The summed E-state index contributed by atoms with van der Waals surface area (Å²) in [5.74, 6) is -0.349. The van der Waals surface area contributed by atoms with Crippen LogP contribution in [0.5, 0.6) is 5.88 Å². The first kappa shape index (κ1) is 21.1. The van der Waals surface area contributed by atoms with Gasteiger partial charge < -0.3 is 15.0 Å². The van der Waals surface area contributed by atoms with Crippen molar-refractivity contribution < 1.29 is 9.50 Å². The maximum absolute atomic E-state index is 13.3. The van der Waals surface area contributed by atoms with E-state index < -0.39 is 0 Å². The molecule has 5 nitrogen and oxygen atoms in total. The first-order valence-electron chi connectivity index (χ1n) is 9.45. The Balaban J connectivity index is 1.67. The van der Waals surface area contributed by atoms with Gasteiger partial charge in [0.1, 0.15) is 5.82 Å². The van der Waals surface area contributed by atoms with E-state index in [9.17, 15) is 9.50 Å². The number of aromatic hydroxyl groups is 1. The average Bonchev–Trinajstić information content (AvgIpc) is 2.98. The van der Waals surface area contributed by atoms with Gasteiger partial charge in [-0.1, -0.05) is 40.2 Å². The van der Waals surface area contributed by atoms with Crippen LogP contribution in [0.2, 0.25) is 0 Å². The van der Waals surface area contributed by atoms with E-state index in [2.05, 4.69) is 31.5 Å². The zero-order chi connectivity index (χ0) is 22.0. The Labute approximate surface area is 192 Å². The molecule has 0 atom stereocenters. The number of rotatable bonds is 4. The van der Waals surface area contributed by atoms with E-state index in [0.29, 0.717) is 12.2 Å². The van der Waals surface area contributed by atoms with E-state index in [1.165, 1.54) is 12.1 Å². The van der Waals surface area contributed by atoms with Gasteiger partial charge in [-0.3, -0.25) is 0 Å². The summed E-state index contributed by atoms with van der Waals surface area (Å²) in [5.41, 5.74) is 3.84. The number of nitrogens with one attached hydrogen (secondary N) is 1. The van der Waals surface area contributed by atoms with Gasteiger partial charge in [0.15, 0.2) is 5.69 Å². The lowest BCUT2D eigenvalue weighted by Crippen LogP contribution is -2.04. The molecule has 4 aromatic rings. The minimum Gasteiger partial charge on any atom is -0.493 e. The molecule has 2 N–H and O–H groups in total. The summed E-state index contributed by atoms with van der Waals surface area (Å²) in [6.07, 6.45) is 0. The molecule has 0 amide bonds. The Bertz CT molecular complexity index is 1300. The number of benzene rings is 3. The molecule has 0 aliphatic heterocycles. The third-order valence-electron chi connectivity index (χ3n) is 4.74. The minimum atomic E-state index is -0.307. The molecule has 3 aromatic carbocycles. The molecule has 0 saturated carbocycles. The number of azo groups is 1. The molecule has 0 aliphatic rings. The summed E-state index contributed by atoms with van der Waals surface area (Å²) in [6, 6.07) is 19.5. The molecule has 0 spiro atoms. The van der Waals surface area contributed by atoms with E-state index in [1.807, 2.05) is 49.4 Å². The van der Waals surface area contributed by atoms with Crippen LogP contribution >= 0.6 is 28.1 Å². The molecule has 0 saturated heterocycles. The number of thiocarbonyl (C=S) groups is 1. The van der Waals surface area contributed by atoms with Crippen LogP contribution in [0.3, 0.4) is 0 Å².